The van der Waals surface area contributed by atoms with Crippen molar-refractivity contribution in [1.29, 1.82) is 0 Å². The van der Waals surface area contributed by atoms with Gasteiger partial charge in [0.05, 0.1) is 0 Å². The van der Waals surface area contributed by atoms with Crippen molar-refractivity contribution in [3.63, 3.8) is 0 Å². The quantitative estimate of drug-likeness (QED) is 0.655. The van der Waals surface area contributed by atoms with Crippen LogP contribution in [0.5, 0.6) is 0 Å². The summed E-state index contributed by atoms with van der Waals surface area (Å²) in [6.45, 7) is 4.26. The van der Waals surface area contributed by atoms with Gasteiger partial charge in [0, 0.05) is 25.6 Å². The van der Waals surface area contributed by atoms with Crippen molar-refractivity contribution in [2.24, 2.45) is 5.92 Å². The van der Waals surface area contributed by atoms with E-state index in [4.69, 9.17) is 5.11 Å². The molecule has 6 nitrogen and oxygen atoms in total. The molecule has 1 saturated heterocycles. The monoisotopic (exact) mass is 242 g/mol. The lowest BCUT2D eigenvalue weighted by Gasteiger charge is -2.22. The van der Waals surface area contributed by atoms with Crippen molar-refractivity contribution in [2.45, 2.75) is 32.7 Å². The number of hydrogen-bond donors (Lipinski definition) is 2. The summed E-state index contributed by atoms with van der Waals surface area (Å²) >= 11 is 0. The van der Waals surface area contributed by atoms with E-state index in [0.717, 1.165) is 6.42 Å². The van der Waals surface area contributed by atoms with Gasteiger partial charge in [-0.3, -0.25) is 14.4 Å². The summed E-state index contributed by atoms with van der Waals surface area (Å²) in [4.78, 5) is 35.1. The van der Waals surface area contributed by atoms with Gasteiger partial charge >= 0.3 is 5.97 Å². The Kier molecular flexibility index (Phi) is 4.48. The van der Waals surface area contributed by atoms with Gasteiger partial charge in [0.25, 0.3) is 0 Å². The van der Waals surface area contributed by atoms with Crippen molar-refractivity contribution in [3.8, 4) is 0 Å². The highest BCUT2D eigenvalue weighted by Gasteiger charge is 2.25. The van der Waals surface area contributed by atoms with Crippen LogP contribution in [-0.4, -0.2) is 46.9 Å². The smallest absolute Gasteiger partial charge is 0.315 e. The molecule has 2 N–H and O–H groups in total. The summed E-state index contributed by atoms with van der Waals surface area (Å²) in [5, 5.41) is 11.3. The lowest BCUT2D eigenvalue weighted by atomic mass is 10.1. The Morgan fingerprint density at radius 2 is 2.12 bits per heavy atom. The molecule has 1 aliphatic heterocycles. The van der Waals surface area contributed by atoms with E-state index in [1.54, 1.807) is 11.8 Å². The standard InChI is InChI=1S/C11H18N2O4/c1-7(6-13-5-3-4-9(13)14)12-10(15)8(2)11(16)17/h7-8H,3-6H2,1-2H3,(H,12,15)(H,16,17). The van der Waals surface area contributed by atoms with Gasteiger partial charge in [-0.1, -0.05) is 0 Å². The van der Waals surface area contributed by atoms with Crippen molar-refractivity contribution >= 4 is 17.8 Å². The van der Waals surface area contributed by atoms with Crippen molar-refractivity contribution in [2.75, 3.05) is 13.1 Å². The normalized spacial score (nSPS) is 18.9. The maximum absolute atomic E-state index is 11.5. The van der Waals surface area contributed by atoms with Gasteiger partial charge in [-0.05, 0) is 20.3 Å². The van der Waals surface area contributed by atoms with Crippen molar-refractivity contribution in [1.82, 2.24) is 10.2 Å². The van der Waals surface area contributed by atoms with Crippen LogP contribution in [0.1, 0.15) is 26.7 Å². The highest BCUT2D eigenvalue weighted by molar-refractivity contribution is 5.96. The number of hydrogen-bond acceptors (Lipinski definition) is 3. The molecule has 0 aliphatic carbocycles. The third-order valence-corrected chi connectivity index (χ3v) is 2.82. The number of nitrogens with zero attached hydrogens (tertiary/aromatic N) is 1. The van der Waals surface area contributed by atoms with Gasteiger partial charge in [0.2, 0.25) is 11.8 Å². The Morgan fingerprint density at radius 3 is 2.59 bits per heavy atom. The number of carbonyl (C=O) groups is 3. The van der Waals surface area contributed by atoms with E-state index in [1.165, 1.54) is 6.92 Å². The highest BCUT2D eigenvalue weighted by atomic mass is 16.4. The van der Waals surface area contributed by atoms with Crippen LogP contribution in [0, 0.1) is 5.92 Å². The first-order valence-corrected chi connectivity index (χ1v) is 5.72. The Hall–Kier alpha value is -1.59. The second-order valence-electron chi connectivity index (χ2n) is 4.41. The zero-order valence-corrected chi connectivity index (χ0v) is 10.1. The summed E-state index contributed by atoms with van der Waals surface area (Å²) in [6, 6.07) is -0.230. The molecule has 1 fully saturated rings. The summed E-state index contributed by atoms with van der Waals surface area (Å²) in [5.41, 5.74) is 0. The van der Waals surface area contributed by atoms with Crippen molar-refractivity contribution < 1.29 is 19.5 Å². The minimum Gasteiger partial charge on any atom is -0.481 e. The van der Waals surface area contributed by atoms with E-state index in [2.05, 4.69) is 5.32 Å². The number of rotatable bonds is 5. The fourth-order valence-corrected chi connectivity index (χ4v) is 1.75. The summed E-state index contributed by atoms with van der Waals surface area (Å²) in [5.74, 6) is -2.63. The van der Waals surface area contributed by atoms with Crippen molar-refractivity contribution in [3.05, 3.63) is 0 Å². The molecular formula is C11H18N2O4. The first kappa shape index (κ1) is 13.5. The first-order valence-electron chi connectivity index (χ1n) is 5.72. The van der Waals surface area contributed by atoms with Crippen LogP contribution >= 0.6 is 0 Å². The molecule has 1 heterocycles. The topological polar surface area (TPSA) is 86.7 Å². The van der Waals surface area contributed by atoms with Crippen LogP contribution in [0.25, 0.3) is 0 Å². The van der Waals surface area contributed by atoms with E-state index >= 15 is 0 Å². The molecule has 6 heteroatoms. The van der Waals surface area contributed by atoms with E-state index in [0.29, 0.717) is 19.5 Å². The summed E-state index contributed by atoms with van der Waals surface area (Å²) < 4.78 is 0. The van der Waals surface area contributed by atoms with Gasteiger partial charge < -0.3 is 15.3 Å². The molecule has 0 aromatic heterocycles. The summed E-state index contributed by atoms with van der Waals surface area (Å²) in [6.07, 6.45) is 1.41. The zero-order chi connectivity index (χ0) is 13.0. The molecule has 2 unspecified atom stereocenters. The molecule has 0 saturated carbocycles. The van der Waals surface area contributed by atoms with E-state index in [1.807, 2.05) is 0 Å². The fraction of sp³-hybridized carbons (Fsp3) is 0.727. The van der Waals surface area contributed by atoms with Crippen LogP contribution < -0.4 is 5.32 Å². The average Bonchev–Trinajstić information content (AvgIpc) is 2.62. The molecule has 2 amide bonds. The van der Waals surface area contributed by atoms with Crippen LogP contribution in [0.2, 0.25) is 0 Å². The second kappa shape index (κ2) is 5.65. The third kappa shape index (κ3) is 3.72. The lowest BCUT2D eigenvalue weighted by Crippen LogP contribution is -2.45. The Bertz CT molecular complexity index is 329. The maximum atomic E-state index is 11.5. The molecule has 1 rings (SSSR count). The van der Waals surface area contributed by atoms with E-state index in [9.17, 15) is 14.4 Å². The number of amides is 2. The average molecular weight is 242 g/mol. The van der Waals surface area contributed by atoms with Gasteiger partial charge in [-0.2, -0.15) is 0 Å². The fourth-order valence-electron chi connectivity index (χ4n) is 1.75. The third-order valence-electron chi connectivity index (χ3n) is 2.82. The highest BCUT2D eigenvalue weighted by Crippen LogP contribution is 2.09. The molecule has 0 aromatic rings. The Balaban J connectivity index is 2.38. The predicted molar refractivity (Wildman–Crippen MR) is 60.2 cm³/mol. The number of likely N-dealkylation sites (tertiary alicyclic amines) is 1. The van der Waals surface area contributed by atoms with Crippen LogP contribution in [0.15, 0.2) is 0 Å². The molecular weight excluding hydrogens is 224 g/mol. The van der Waals surface area contributed by atoms with E-state index in [-0.39, 0.29) is 11.9 Å². The van der Waals surface area contributed by atoms with Gasteiger partial charge in [0.15, 0.2) is 0 Å². The molecule has 17 heavy (non-hydrogen) atoms. The van der Waals surface area contributed by atoms with Gasteiger partial charge in [-0.25, -0.2) is 0 Å². The number of aliphatic carboxylic acids is 1. The minimum atomic E-state index is -1.15. The second-order valence-corrected chi connectivity index (χ2v) is 4.41. The lowest BCUT2D eigenvalue weighted by molar-refractivity contribution is -0.146. The molecule has 0 radical (unpaired) electrons. The summed E-state index contributed by atoms with van der Waals surface area (Å²) in [7, 11) is 0. The maximum Gasteiger partial charge on any atom is 0.315 e. The SMILES string of the molecule is CC(CN1CCCC1=O)NC(=O)C(C)C(=O)O. The van der Waals surface area contributed by atoms with Gasteiger partial charge in [0.1, 0.15) is 5.92 Å². The minimum absolute atomic E-state index is 0.0948. The molecule has 0 aromatic carbocycles. The molecule has 1 aliphatic rings. The zero-order valence-electron chi connectivity index (χ0n) is 10.1. The van der Waals surface area contributed by atoms with E-state index < -0.39 is 17.8 Å². The largest absolute Gasteiger partial charge is 0.481 e. The van der Waals surface area contributed by atoms with Crippen LogP contribution in [0.3, 0.4) is 0 Å². The predicted octanol–water partition coefficient (Wildman–Crippen LogP) is -0.166. The number of carboxylic acids is 1. The Morgan fingerprint density at radius 1 is 1.47 bits per heavy atom. The Labute approximate surface area is 100.0 Å². The van der Waals surface area contributed by atoms with Crippen LogP contribution in [0.4, 0.5) is 0 Å². The molecule has 2 atom stereocenters. The molecule has 96 valence electrons. The molecule has 0 spiro atoms. The van der Waals surface area contributed by atoms with Gasteiger partial charge in [-0.15, -0.1) is 0 Å². The first-order chi connectivity index (χ1) is 7.91. The number of carboxylic acid groups (broad SMARTS) is 1. The number of nitrogens with one attached hydrogen (secondary N) is 1. The van der Waals surface area contributed by atoms with Crippen LogP contribution in [-0.2, 0) is 14.4 Å². The number of carbonyl (C=O) groups excluding carboxylic acids is 2. The molecule has 0 bridgehead atoms.